The van der Waals surface area contributed by atoms with Gasteiger partial charge in [-0.1, -0.05) is 24.3 Å². The van der Waals surface area contributed by atoms with Crippen LogP contribution in [0.1, 0.15) is 16.7 Å². The molecule has 64 valence electrons. The molecular formula is C12H11N. The first kappa shape index (κ1) is 9.32. The predicted octanol–water partition coefficient (Wildman–Crippen LogP) is 2.75. The lowest BCUT2D eigenvalue weighted by molar-refractivity contribution is 1.23. The minimum atomic E-state index is 0.730. The lowest BCUT2D eigenvalue weighted by Gasteiger charge is -2.00. The summed E-state index contributed by atoms with van der Waals surface area (Å²) >= 11 is 0. The van der Waals surface area contributed by atoms with E-state index in [9.17, 15) is 0 Å². The van der Waals surface area contributed by atoms with Gasteiger partial charge in [-0.25, -0.2) is 0 Å². The van der Waals surface area contributed by atoms with E-state index in [2.05, 4.69) is 18.4 Å². The topological polar surface area (TPSA) is 23.8 Å². The number of benzene rings is 1. The van der Waals surface area contributed by atoms with Crippen LogP contribution >= 0.6 is 0 Å². The molecular weight excluding hydrogens is 158 g/mol. The lowest BCUT2D eigenvalue weighted by Crippen LogP contribution is -1.88. The van der Waals surface area contributed by atoms with Gasteiger partial charge >= 0.3 is 0 Å². The van der Waals surface area contributed by atoms with E-state index in [-0.39, 0.29) is 0 Å². The van der Waals surface area contributed by atoms with Crippen molar-refractivity contribution >= 4 is 0 Å². The number of nitrogens with zero attached hydrogens (tertiary/aromatic N) is 1. The summed E-state index contributed by atoms with van der Waals surface area (Å²) in [6.45, 7) is 5.51. The first-order chi connectivity index (χ1) is 6.27. The number of hydrogen-bond acceptors (Lipinski definition) is 1. The minimum absolute atomic E-state index is 0.730. The van der Waals surface area contributed by atoms with Crippen molar-refractivity contribution in [1.82, 2.24) is 0 Å². The highest BCUT2D eigenvalue weighted by atomic mass is 14.2. The molecule has 0 bridgehead atoms. The van der Waals surface area contributed by atoms with Crippen molar-refractivity contribution in [3.8, 4) is 6.07 Å². The van der Waals surface area contributed by atoms with Crippen molar-refractivity contribution in [3.05, 3.63) is 53.3 Å². The van der Waals surface area contributed by atoms with Gasteiger partial charge < -0.3 is 0 Å². The molecule has 13 heavy (non-hydrogen) atoms. The van der Waals surface area contributed by atoms with Gasteiger partial charge in [-0.15, -0.1) is 5.73 Å². The molecule has 0 saturated heterocycles. The molecule has 1 aromatic rings. The maximum Gasteiger partial charge on any atom is 0.0994 e. The third-order valence-electron chi connectivity index (χ3n) is 1.85. The average molecular weight is 169 g/mol. The van der Waals surface area contributed by atoms with E-state index in [4.69, 9.17) is 5.26 Å². The van der Waals surface area contributed by atoms with Crippen molar-refractivity contribution < 1.29 is 0 Å². The molecule has 0 fully saturated rings. The Bertz CT molecular complexity index is 390. The first-order valence-corrected chi connectivity index (χ1v) is 4.12. The molecule has 1 aromatic carbocycles. The summed E-state index contributed by atoms with van der Waals surface area (Å²) in [5.74, 6) is 0. The summed E-state index contributed by atoms with van der Waals surface area (Å²) in [5, 5.41) is 8.81. The van der Waals surface area contributed by atoms with Gasteiger partial charge in [0.25, 0.3) is 0 Å². The Balaban J connectivity index is 3.09. The standard InChI is InChI=1S/C12H11N/c1-3-4-5-11-8-10(2)6-7-12(11)9-13/h4,6-8H,1,5H2,2H3. The van der Waals surface area contributed by atoms with Crippen molar-refractivity contribution in [2.45, 2.75) is 13.3 Å². The second-order valence-corrected chi connectivity index (χ2v) is 2.88. The van der Waals surface area contributed by atoms with Crippen LogP contribution in [0.2, 0.25) is 0 Å². The highest BCUT2D eigenvalue weighted by molar-refractivity contribution is 5.40. The molecule has 1 rings (SSSR count). The average Bonchev–Trinajstić information content (AvgIpc) is 2.15. The number of allylic oxidation sites excluding steroid dienone is 1. The van der Waals surface area contributed by atoms with Crippen LogP contribution in [0.25, 0.3) is 0 Å². The zero-order chi connectivity index (χ0) is 9.68. The van der Waals surface area contributed by atoms with Gasteiger partial charge in [-0.2, -0.15) is 5.26 Å². The first-order valence-electron chi connectivity index (χ1n) is 4.12. The Kier molecular flexibility index (Phi) is 3.09. The number of rotatable bonds is 2. The van der Waals surface area contributed by atoms with Crippen LogP contribution in [0.4, 0.5) is 0 Å². The van der Waals surface area contributed by atoms with Crippen LogP contribution in [0.5, 0.6) is 0 Å². The van der Waals surface area contributed by atoms with E-state index in [1.54, 1.807) is 0 Å². The number of aryl methyl sites for hydroxylation is 1. The number of nitriles is 1. The molecule has 1 heteroatoms. The van der Waals surface area contributed by atoms with E-state index in [1.807, 2.05) is 31.2 Å². The summed E-state index contributed by atoms with van der Waals surface area (Å²) in [6.07, 6.45) is 2.56. The Morgan fingerprint density at radius 1 is 1.54 bits per heavy atom. The quantitative estimate of drug-likeness (QED) is 0.624. The van der Waals surface area contributed by atoms with Crippen LogP contribution in [0.3, 0.4) is 0 Å². The predicted molar refractivity (Wildman–Crippen MR) is 53.3 cm³/mol. The maximum absolute atomic E-state index is 8.81. The maximum atomic E-state index is 8.81. The van der Waals surface area contributed by atoms with Crippen LogP contribution in [0.15, 0.2) is 36.6 Å². The molecule has 0 saturated carbocycles. The summed E-state index contributed by atoms with van der Waals surface area (Å²) in [4.78, 5) is 0. The molecule has 0 atom stereocenters. The molecule has 1 nitrogen and oxygen atoms in total. The highest BCUT2D eigenvalue weighted by Crippen LogP contribution is 2.11. The molecule has 0 unspecified atom stereocenters. The molecule has 0 amide bonds. The fourth-order valence-corrected chi connectivity index (χ4v) is 1.18. The molecule has 0 aliphatic rings. The van der Waals surface area contributed by atoms with E-state index in [1.165, 1.54) is 5.56 Å². The van der Waals surface area contributed by atoms with E-state index in [0.717, 1.165) is 17.5 Å². The van der Waals surface area contributed by atoms with E-state index < -0.39 is 0 Å². The summed E-state index contributed by atoms with van der Waals surface area (Å²) in [5.41, 5.74) is 5.65. The van der Waals surface area contributed by atoms with Gasteiger partial charge in [-0.05, 0) is 31.1 Å². The van der Waals surface area contributed by atoms with Crippen LogP contribution in [-0.4, -0.2) is 0 Å². The van der Waals surface area contributed by atoms with Gasteiger partial charge in [0.2, 0.25) is 0 Å². The van der Waals surface area contributed by atoms with Gasteiger partial charge in [0.15, 0.2) is 0 Å². The number of hydrogen-bond donors (Lipinski definition) is 0. The highest BCUT2D eigenvalue weighted by Gasteiger charge is 1.99. The Labute approximate surface area is 78.6 Å². The summed E-state index contributed by atoms with van der Waals surface area (Å²) < 4.78 is 0. The molecule has 0 aliphatic heterocycles. The zero-order valence-electron chi connectivity index (χ0n) is 7.67. The third kappa shape index (κ3) is 2.33. The second kappa shape index (κ2) is 4.30. The van der Waals surface area contributed by atoms with Crippen LogP contribution in [-0.2, 0) is 6.42 Å². The summed E-state index contributed by atoms with van der Waals surface area (Å²) in [6, 6.07) is 7.98. The van der Waals surface area contributed by atoms with Crippen molar-refractivity contribution in [2.24, 2.45) is 0 Å². The van der Waals surface area contributed by atoms with E-state index in [0.29, 0.717) is 0 Å². The fourth-order valence-electron chi connectivity index (χ4n) is 1.18. The third-order valence-corrected chi connectivity index (χ3v) is 1.85. The normalized spacial score (nSPS) is 8.62. The van der Waals surface area contributed by atoms with Crippen molar-refractivity contribution in [3.63, 3.8) is 0 Å². The Hall–Kier alpha value is -1.77. The molecule has 0 aliphatic carbocycles. The molecule has 0 aromatic heterocycles. The minimum Gasteiger partial charge on any atom is -0.192 e. The lowest BCUT2D eigenvalue weighted by atomic mass is 10.0. The van der Waals surface area contributed by atoms with Gasteiger partial charge in [0.05, 0.1) is 11.6 Å². The smallest absolute Gasteiger partial charge is 0.0994 e. The van der Waals surface area contributed by atoms with Gasteiger partial charge in [0, 0.05) is 0 Å². The second-order valence-electron chi connectivity index (χ2n) is 2.88. The largest absolute Gasteiger partial charge is 0.192 e. The molecule has 0 spiro atoms. The zero-order valence-corrected chi connectivity index (χ0v) is 7.67. The Morgan fingerprint density at radius 3 is 2.92 bits per heavy atom. The van der Waals surface area contributed by atoms with Crippen LogP contribution < -0.4 is 0 Å². The van der Waals surface area contributed by atoms with Crippen molar-refractivity contribution in [2.75, 3.05) is 0 Å². The Morgan fingerprint density at radius 2 is 2.31 bits per heavy atom. The SMILES string of the molecule is C=C=CCc1cc(C)ccc1C#N. The fraction of sp³-hybridized carbons (Fsp3) is 0.167. The van der Waals surface area contributed by atoms with Crippen LogP contribution in [0, 0.1) is 18.3 Å². The van der Waals surface area contributed by atoms with Gasteiger partial charge in [0.1, 0.15) is 0 Å². The van der Waals surface area contributed by atoms with Crippen molar-refractivity contribution in [1.29, 1.82) is 5.26 Å². The molecule has 0 heterocycles. The monoisotopic (exact) mass is 169 g/mol. The molecule has 0 radical (unpaired) electrons. The van der Waals surface area contributed by atoms with E-state index >= 15 is 0 Å². The summed E-state index contributed by atoms with van der Waals surface area (Å²) in [7, 11) is 0. The van der Waals surface area contributed by atoms with Gasteiger partial charge in [-0.3, -0.25) is 0 Å². The molecule has 0 N–H and O–H groups in total.